The Balaban J connectivity index is 0.00000363. The van der Waals surface area contributed by atoms with Gasteiger partial charge < -0.3 is 25.4 Å². The Morgan fingerprint density at radius 1 is 1.16 bits per heavy atom. The summed E-state index contributed by atoms with van der Waals surface area (Å²) in [5, 5.41) is 16.4. The highest BCUT2D eigenvalue weighted by Crippen LogP contribution is 2.18. The van der Waals surface area contributed by atoms with Crippen LogP contribution >= 0.6 is 24.0 Å². The topological polar surface area (TPSA) is 82.0 Å². The standard InChI is InChI=1S/C24H35N5O2.HI/c1-4-25-24(28-14-22(17-30)21-8-6-5-7-9-21)27-13-20-10-11-23(26-12-20)29-15-18(2)31-19(3)16-29;/h5-12,18-19,22,30H,4,13-17H2,1-3H3,(H2,25,27,28);1H. The number of pyridine rings is 1. The number of benzene rings is 1. The molecule has 0 saturated carbocycles. The number of nitrogens with one attached hydrogen (secondary N) is 2. The maximum absolute atomic E-state index is 9.78. The molecule has 3 atom stereocenters. The molecular formula is C24H36IN5O2. The Kier molecular flexibility index (Phi) is 11.2. The third-order valence-corrected chi connectivity index (χ3v) is 5.32. The Bertz CT molecular complexity index is 809. The molecule has 0 bridgehead atoms. The predicted molar refractivity (Wildman–Crippen MR) is 141 cm³/mol. The van der Waals surface area contributed by atoms with Gasteiger partial charge in [0.15, 0.2) is 5.96 Å². The van der Waals surface area contributed by atoms with Gasteiger partial charge in [-0.05, 0) is 38.0 Å². The average molecular weight is 553 g/mol. The molecule has 1 aliphatic rings. The molecule has 3 unspecified atom stereocenters. The van der Waals surface area contributed by atoms with E-state index in [1.54, 1.807) is 0 Å². The molecule has 176 valence electrons. The summed E-state index contributed by atoms with van der Waals surface area (Å²) in [6.07, 6.45) is 2.32. The minimum absolute atomic E-state index is 0. The summed E-state index contributed by atoms with van der Waals surface area (Å²) in [4.78, 5) is 11.6. The van der Waals surface area contributed by atoms with Crippen LogP contribution in [-0.4, -0.2) is 61.0 Å². The van der Waals surface area contributed by atoms with Crippen LogP contribution in [0.5, 0.6) is 0 Å². The Labute approximate surface area is 208 Å². The molecular weight excluding hydrogens is 517 g/mol. The van der Waals surface area contributed by atoms with E-state index in [9.17, 15) is 5.11 Å². The van der Waals surface area contributed by atoms with Crippen molar-refractivity contribution in [3.05, 3.63) is 59.8 Å². The molecule has 1 saturated heterocycles. The summed E-state index contributed by atoms with van der Waals surface area (Å²) in [6, 6.07) is 14.2. The third kappa shape index (κ3) is 7.90. The zero-order valence-corrected chi connectivity index (χ0v) is 21.5. The number of aromatic nitrogens is 1. The largest absolute Gasteiger partial charge is 0.396 e. The minimum atomic E-state index is 0. The molecule has 8 heteroatoms. The maximum atomic E-state index is 9.78. The number of rotatable bonds is 8. The van der Waals surface area contributed by atoms with E-state index in [4.69, 9.17) is 4.74 Å². The van der Waals surface area contributed by atoms with Gasteiger partial charge >= 0.3 is 0 Å². The predicted octanol–water partition coefficient (Wildman–Crippen LogP) is 3.14. The molecule has 1 aromatic carbocycles. The average Bonchev–Trinajstić information content (AvgIpc) is 2.78. The molecule has 2 aromatic rings. The molecule has 0 spiro atoms. The van der Waals surface area contributed by atoms with E-state index in [0.717, 1.165) is 42.5 Å². The first kappa shape index (κ1) is 26.3. The van der Waals surface area contributed by atoms with Crippen molar-refractivity contribution in [2.45, 2.75) is 45.4 Å². The molecule has 3 N–H and O–H groups in total. The second-order valence-electron chi connectivity index (χ2n) is 8.05. The minimum Gasteiger partial charge on any atom is -0.396 e. The van der Waals surface area contributed by atoms with E-state index >= 15 is 0 Å². The number of ether oxygens (including phenoxy) is 1. The monoisotopic (exact) mass is 553 g/mol. The highest BCUT2D eigenvalue weighted by Gasteiger charge is 2.22. The molecule has 1 aliphatic heterocycles. The lowest BCUT2D eigenvalue weighted by Gasteiger charge is -2.36. The fraction of sp³-hybridized carbons (Fsp3) is 0.500. The highest BCUT2D eigenvalue weighted by molar-refractivity contribution is 14.0. The Morgan fingerprint density at radius 3 is 2.47 bits per heavy atom. The third-order valence-electron chi connectivity index (χ3n) is 5.32. The molecule has 0 amide bonds. The summed E-state index contributed by atoms with van der Waals surface area (Å²) in [7, 11) is 0. The van der Waals surface area contributed by atoms with Crippen LogP contribution < -0.4 is 15.5 Å². The van der Waals surface area contributed by atoms with Crippen molar-refractivity contribution in [2.24, 2.45) is 4.99 Å². The van der Waals surface area contributed by atoms with Crippen molar-refractivity contribution in [3.63, 3.8) is 0 Å². The van der Waals surface area contributed by atoms with Crippen molar-refractivity contribution in [1.82, 2.24) is 15.6 Å². The van der Waals surface area contributed by atoms with Crippen LogP contribution in [0.25, 0.3) is 0 Å². The van der Waals surface area contributed by atoms with E-state index in [1.165, 1.54) is 0 Å². The number of aliphatic hydroxyl groups is 1. The second kappa shape index (κ2) is 13.6. The summed E-state index contributed by atoms with van der Waals surface area (Å²) in [5.41, 5.74) is 2.16. The van der Waals surface area contributed by atoms with Crippen molar-refractivity contribution >= 4 is 35.8 Å². The van der Waals surface area contributed by atoms with E-state index in [2.05, 4.69) is 51.5 Å². The normalized spacial score (nSPS) is 19.8. The zero-order valence-electron chi connectivity index (χ0n) is 19.2. The van der Waals surface area contributed by atoms with Gasteiger partial charge in [0.1, 0.15) is 5.82 Å². The number of hydrogen-bond donors (Lipinski definition) is 3. The summed E-state index contributed by atoms with van der Waals surface area (Å²) in [6.45, 7) is 9.95. The lowest BCUT2D eigenvalue weighted by molar-refractivity contribution is -0.00545. The number of nitrogens with zero attached hydrogens (tertiary/aromatic N) is 3. The van der Waals surface area contributed by atoms with Gasteiger partial charge in [0.05, 0.1) is 25.4 Å². The smallest absolute Gasteiger partial charge is 0.191 e. The van der Waals surface area contributed by atoms with Gasteiger partial charge in [-0.15, -0.1) is 24.0 Å². The quantitative estimate of drug-likeness (QED) is 0.265. The Hall–Kier alpha value is -1.91. The van der Waals surface area contributed by atoms with Crippen LogP contribution in [0, 0.1) is 0 Å². The number of aliphatic hydroxyl groups excluding tert-OH is 1. The van der Waals surface area contributed by atoms with Crippen LogP contribution in [0.3, 0.4) is 0 Å². The van der Waals surface area contributed by atoms with Gasteiger partial charge in [0.25, 0.3) is 0 Å². The van der Waals surface area contributed by atoms with E-state index < -0.39 is 0 Å². The zero-order chi connectivity index (χ0) is 22.1. The summed E-state index contributed by atoms with van der Waals surface area (Å²) >= 11 is 0. The highest BCUT2D eigenvalue weighted by atomic mass is 127. The second-order valence-corrected chi connectivity index (χ2v) is 8.05. The number of halogens is 1. The maximum Gasteiger partial charge on any atom is 0.191 e. The molecule has 32 heavy (non-hydrogen) atoms. The molecule has 0 aliphatic carbocycles. The van der Waals surface area contributed by atoms with Gasteiger partial charge in [-0.3, -0.25) is 0 Å². The summed E-state index contributed by atoms with van der Waals surface area (Å²) in [5.74, 6) is 1.73. The van der Waals surface area contributed by atoms with Crippen molar-refractivity contribution in [1.29, 1.82) is 0 Å². The van der Waals surface area contributed by atoms with Gasteiger partial charge in [-0.25, -0.2) is 9.98 Å². The molecule has 7 nitrogen and oxygen atoms in total. The Morgan fingerprint density at radius 2 is 1.88 bits per heavy atom. The molecule has 3 rings (SSSR count). The van der Waals surface area contributed by atoms with Crippen LogP contribution in [0.4, 0.5) is 5.82 Å². The van der Waals surface area contributed by atoms with E-state index in [-0.39, 0.29) is 48.7 Å². The first-order valence-corrected chi connectivity index (χ1v) is 11.1. The van der Waals surface area contributed by atoms with Crippen molar-refractivity contribution < 1.29 is 9.84 Å². The number of anilines is 1. The van der Waals surface area contributed by atoms with Crippen LogP contribution in [0.15, 0.2) is 53.7 Å². The molecule has 1 aromatic heterocycles. The number of aliphatic imine (C=N–C) groups is 1. The first-order chi connectivity index (χ1) is 15.1. The van der Waals surface area contributed by atoms with Gasteiger partial charge in [0.2, 0.25) is 0 Å². The van der Waals surface area contributed by atoms with Crippen molar-refractivity contribution in [3.8, 4) is 0 Å². The number of hydrogen-bond acceptors (Lipinski definition) is 5. The number of guanidine groups is 1. The summed E-state index contributed by atoms with van der Waals surface area (Å²) < 4.78 is 5.81. The van der Waals surface area contributed by atoms with E-state index in [0.29, 0.717) is 13.1 Å². The molecule has 1 fully saturated rings. The lowest BCUT2D eigenvalue weighted by atomic mass is 10.0. The lowest BCUT2D eigenvalue weighted by Crippen LogP contribution is -2.45. The number of morpholine rings is 1. The van der Waals surface area contributed by atoms with Crippen molar-refractivity contribution in [2.75, 3.05) is 37.7 Å². The molecule has 2 heterocycles. The fourth-order valence-corrected chi connectivity index (χ4v) is 3.81. The van der Waals surface area contributed by atoms with Gasteiger partial charge in [0, 0.05) is 38.3 Å². The first-order valence-electron chi connectivity index (χ1n) is 11.1. The SMILES string of the molecule is CCNC(=NCc1ccc(N2CC(C)OC(C)C2)nc1)NCC(CO)c1ccccc1.I. The fourth-order valence-electron chi connectivity index (χ4n) is 3.81. The van der Waals surface area contributed by atoms with Gasteiger partial charge in [-0.2, -0.15) is 0 Å². The van der Waals surface area contributed by atoms with Crippen LogP contribution in [-0.2, 0) is 11.3 Å². The van der Waals surface area contributed by atoms with Crippen LogP contribution in [0.1, 0.15) is 37.8 Å². The van der Waals surface area contributed by atoms with Crippen LogP contribution in [0.2, 0.25) is 0 Å². The molecule has 0 radical (unpaired) electrons. The van der Waals surface area contributed by atoms with Gasteiger partial charge in [-0.1, -0.05) is 36.4 Å². The van der Waals surface area contributed by atoms with E-state index in [1.807, 2.05) is 43.5 Å².